The van der Waals surface area contributed by atoms with Crippen molar-refractivity contribution in [3.05, 3.63) is 42.4 Å². The highest BCUT2D eigenvalue weighted by molar-refractivity contribution is 7.91. The lowest BCUT2D eigenvalue weighted by atomic mass is 9.85. The summed E-state index contributed by atoms with van der Waals surface area (Å²) >= 11 is 0. The second kappa shape index (κ2) is 15.7. The van der Waals surface area contributed by atoms with Gasteiger partial charge in [0.05, 0.1) is 19.0 Å². The molecule has 4 aliphatic rings. The third-order valence-electron chi connectivity index (χ3n) is 12.3. The summed E-state index contributed by atoms with van der Waals surface area (Å²) in [4.78, 5) is 61.5. The number of benzene rings is 1. The van der Waals surface area contributed by atoms with Crippen LogP contribution in [-0.4, -0.2) is 113 Å². The summed E-state index contributed by atoms with van der Waals surface area (Å²) in [5, 5.41) is 13.6. The van der Waals surface area contributed by atoms with Gasteiger partial charge in [-0.3, -0.25) is 24.0 Å². The number of hydrogen-bond donors (Lipinski definition) is 3. The fourth-order valence-corrected chi connectivity index (χ4v) is 9.78. The number of carboxylic acid groups (broad SMARTS) is 1. The van der Waals surface area contributed by atoms with Crippen LogP contribution in [0.15, 0.2) is 36.5 Å². The van der Waals surface area contributed by atoms with Gasteiger partial charge in [0.2, 0.25) is 27.7 Å². The quantitative estimate of drug-likeness (QED) is 0.222. The highest BCUT2D eigenvalue weighted by Crippen LogP contribution is 2.48. The van der Waals surface area contributed by atoms with Crippen LogP contribution in [0.25, 0.3) is 10.8 Å². The largest absolute Gasteiger partial charge is 0.496 e. The maximum absolute atomic E-state index is 15.0. The van der Waals surface area contributed by atoms with E-state index in [0.717, 1.165) is 17.0 Å². The number of amides is 4. The SMILES string of the molecule is COc1cc(F)cc2c(O[C@@H]3C[C@H]4C(=O)N[C@]5(C(=O)NS(=O)(=O)C6(CF)CC6)C[C@H]5/C=C\CC[C@@H](C)C[C@@H](C)[C@H](N(C(=O)O)C(C)(C)C(F)(F)F)C(=O)N4C3)nccc12. The average molecular weight is 858 g/mol. The van der Waals surface area contributed by atoms with E-state index >= 15 is 0 Å². The van der Waals surface area contributed by atoms with Gasteiger partial charge in [-0.05, 0) is 76.3 Å². The molecule has 0 bridgehead atoms. The van der Waals surface area contributed by atoms with Crippen molar-refractivity contribution in [1.29, 1.82) is 0 Å². The second-order valence-corrected chi connectivity index (χ2v) is 18.9. The average Bonchev–Trinajstić information content (AvgIpc) is 4.05. The van der Waals surface area contributed by atoms with Gasteiger partial charge in [0.1, 0.15) is 52.3 Å². The number of rotatable bonds is 9. The molecule has 324 valence electrons. The Morgan fingerprint density at radius 3 is 2.44 bits per heavy atom. The monoisotopic (exact) mass is 857 g/mol. The van der Waals surface area contributed by atoms with E-state index in [2.05, 4.69) is 10.3 Å². The Bertz CT molecular complexity index is 2150. The Morgan fingerprint density at radius 1 is 1.14 bits per heavy atom. The zero-order valence-electron chi connectivity index (χ0n) is 33.1. The van der Waals surface area contributed by atoms with Crippen LogP contribution in [0.1, 0.15) is 72.6 Å². The molecule has 6 rings (SSSR count). The molecule has 2 aromatic rings. The Morgan fingerprint density at radius 2 is 1.83 bits per heavy atom. The highest BCUT2D eigenvalue weighted by atomic mass is 32.2. The van der Waals surface area contributed by atoms with Crippen LogP contribution < -0.4 is 19.5 Å². The number of halogens is 5. The predicted octanol–water partition coefficient (Wildman–Crippen LogP) is 5.26. The number of fused-ring (bicyclic) bond motifs is 3. The zero-order valence-corrected chi connectivity index (χ0v) is 34.0. The number of pyridine rings is 1. The summed E-state index contributed by atoms with van der Waals surface area (Å²) in [5.74, 6) is -5.99. The Kier molecular flexibility index (Phi) is 11.7. The van der Waals surface area contributed by atoms with Crippen LogP contribution in [0, 0.1) is 23.6 Å². The number of allylic oxidation sites excluding steroid dienone is 1. The summed E-state index contributed by atoms with van der Waals surface area (Å²) in [7, 11) is -3.21. The van der Waals surface area contributed by atoms with Crippen molar-refractivity contribution in [2.45, 2.75) is 113 Å². The minimum absolute atomic E-state index is 0.0173. The van der Waals surface area contributed by atoms with Gasteiger partial charge in [-0.2, -0.15) is 13.2 Å². The summed E-state index contributed by atoms with van der Waals surface area (Å²) < 4.78 is 111. The lowest BCUT2D eigenvalue weighted by Crippen LogP contribution is -2.66. The lowest BCUT2D eigenvalue weighted by molar-refractivity contribution is -0.222. The molecule has 20 heteroatoms. The van der Waals surface area contributed by atoms with Crippen molar-refractivity contribution < 1.29 is 64.1 Å². The summed E-state index contributed by atoms with van der Waals surface area (Å²) in [6.07, 6.45) is -3.15. The van der Waals surface area contributed by atoms with E-state index in [1.54, 1.807) is 19.1 Å². The number of methoxy groups -OCH3 is 1. The topological polar surface area (TPSA) is 185 Å². The third-order valence-corrected chi connectivity index (χ3v) is 14.4. The smallest absolute Gasteiger partial charge is 0.411 e. The first-order chi connectivity index (χ1) is 27.5. The molecule has 3 heterocycles. The Hall–Kier alpha value is -4.75. The molecule has 0 spiro atoms. The molecule has 1 saturated heterocycles. The van der Waals surface area contributed by atoms with Gasteiger partial charge >= 0.3 is 12.3 Å². The molecule has 0 unspecified atom stereocenters. The molecule has 3 N–H and O–H groups in total. The maximum Gasteiger partial charge on any atom is 0.411 e. The highest BCUT2D eigenvalue weighted by Gasteiger charge is 2.64. The number of nitrogens with one attached hydrogen (secondary N) is 2. The molecular weight excluding hydrogens is 810 g/mol. The van der Waals surface area contributed by atoms with E-state index in [4.69, 9.17) is 9.47 Å². The Balaban J connectivity index is 1.43. The first-order valence-electron chi connectivity index (χ1n) is 19.3. The van der Waals surface area contributed by atoms with Gasteiger partial charge < -0.3 is 24.8 Å². The van der Waals surface area contributed by atoms with Gasteiger partial charge in [-0.25, -0.2) is 27.0 Å². The molecule has 14 nitrogen and oxygen atoms in total. The van der Waals surface area contributed by atoms with E-state index in [1.165, 1.54) is 26.3 Å². The van der Waals surface area contributed by atoms with Gasteiger partial charge in [0, 0.05) is 30.0 Å². The lowest BCUT2D eigenvalue weighted by Gasteiger charge is -2.45. The molecule has 1 aromatic heterocycles. The molecule has 59 heavy (non-hydrogen) atoms. The minimum atomic E-state index is -5.15. The van der Waals surface area contributed by atoms with Crippen molar-refractivity contribution in [1.82, 2.24) is 24.8 Å². The van der Waals surface area contributed by atoms with Crippen LogP contribution >= 0.6 is 0 Å². The fraction of sp³-hybridized carbons (Fsp3) is 0.615. The standard InChI is InChI=1S/C39H48F5N5O9S/c1-21-8-6-7-9-23-18-38(23,34(52)47-59(55,56)37(20-40)11-12-37)46-31(50)28-17-25(58-32-27-15-24(41)16-29(57-5)26(27)10-13-45-32)19-48(28)33(51)30(22(2)14-21)49(35(53)54)36(3,4)39(42,43)44/h7,9-10,13,15-16,21-23,25,28,30H,6,8,11-12,14,17-20H2,1-5H3,(H,46,50)(H,47,52)(H,53,54)/b9-7-/t21-,22-,23-,25-,28+,30+,38-/m1/s1. The number of carbonyl (C=O) groups is 4. The number of nitrogens with zero attached hydrogens (tertiary/aromatic N) is 3. The van der Waals surface area contributed by atoms with E-state index in [9.17, 15) is 54.7 Å². The maximum atomic E-state index is 15.0. The van der Waals surface area contributed by atoms with Crippen LogP contribution in [0.3, 0.4) is 0 Å². The van der Waals surface area contributed by atoms with Crippen molar-refractivity contribution in [2.24, 2.45) is 17.8 Å². The number of ether oxygens (including phenoxy) is 2. The number of carbonyl (C=O) groups excluding carboxylic acids is 3. The van der Waals surface area contributed by atoms with Crippen LogP contribution in [0.2, 0.25) is 0 Å². The van der Waals surface area contributed by atoms with Crippen molar-refractivity contribution in [3.63, 3.8) is 0 Å². The van der Waals surface area contributed by atoms with Crippen molar-refractivity contribution in [3.8, 4) is 11.6 Å². The molecule has 1 aromatic carbocycles. The van der Waals surface area contributed by atoms with E-state index in [-0.39, 0.29) is 59.9 Å². The summed E-state index contributed by atoms with van der Waals surface area (Å²) in [6.45, 7) is 2.82. The number of aromatic nitrogens is 1. The summed E-state index contributed by atoms with van der Waals surface area (Å²) in [5.41, 5.74) is -4.98. The minimum Gasteiger partial charge on any atom is -0.496 e. The zero-order chi connectivity index (χ0) is 43.5. The van der Waals surface area contributed by atoms with Crippen LogP contribution in [0.4, 0.5) is 26.7 Å². The van der Waals surface area contributed by atoms with Gasteiger partial charge in [-0.15, -0.1) is 0 Å². The predicted molar refractivity (Wildman–Crippen MR) is 202 cm³/mol. The number of hydrogen-bond acceptors (Lipinski definition) is 9. The fourth-order valence-electron chi connectivity index (χ4n) is 8.35. The number of sulfonamides is 1. The van der Waals surface area contributed by atoms with Crippen molar-refractivity contribution in [2.75, 3.05) is 20.3 Å². The normalized spacial score (nSPS) is 29.2. The molecule has 3 fully saturated rings. The summed E-state index contributed by atoms with van der Waals surface area (Å²) in [6, 6.07) is 0.209. The van der Waals surface area contributed by atoms with Crippen molar-refractivity contribution >= 4 is 44.6 Å². The molecule has 2 saturated carbocycles. The molecule has 2 aliphatic heterocycles. The van der Waals surface area contributed by atoms with Gasteiger partial charge in [-0.1, -0.05) is 26.0 Å². The third kappa shape index (κ3) is 8.12. The van der Waals surface area contributed by atoms with E-state index in [0.29, 0.717) is 32.1 Å². The Labute approximate surface area is 337 Å². The van der Waals surface area contributed by atoms with Gasteiger partial charge in [0.25, 0.3) is 5.91 Å². The molecule has 2 aliphatic carbocycles. The second-order valence-electron chi connectivity index (χ2n) is 16.8. The molecule has 0 radical (unpaired) electrons. The van der Waals surface area contributed by atoms with Gasteiger partial charge in [0.15, 0.2) is 0 Å². The van der Waals surface area contributed by atoms with Crippen LogP contribution in [-0.2, 0) is 24.4 Å². The molecule has 7 atom stereocenters. The van der Waals surface area contributed by atoms with Crippen LogP contribution in [0.5, 0.6) is 11.6 Å². The first kappa shape index (κ1) is 43.8. The van der Waals surface area contributed by atoms with E-state index in [1.807, 2.05) is 4.72 Å². The number of alkyl halides is 4. The molecule has 4 amide bonds. The molecular formula is C39H48F5N5O9S. The van der Waals surface area contributed by atoms with E-state index < -0.39 is 105 Å². The first-order valence-corrected chi connectivity index (χ1v) is 20.8.